The van der Waals surface area contributed by atoms with Crippen molar-refractivity contribution in [2.45, 2.75) is 46.1 Å². The first-order chi connectivity index (χ1) is 14.5. The Morgan fingerprint density at radius 3 is 2.70 bits per heavy atom. The van der Waals surface area contributed by atoms with E-state index >= 15 is 0 Å². The van der Waals surface area contributed by atoms with Gasteiger partial charge in [0, 0.05) is 35.8 Å². The fourth-order valence-corrected chi connectivity index (χ4v) is 4.43. The molecule has 0 aliphatic carbocycles. The zero-order chi connectivity index (χ0) is 21.1. The van der Waals surface area contributed by atoms with Crippen LogP contribution in [0.3, 0.4) is 0 Å². The summed E-state index contributed by atoms with van der Waals surface area (Å²) in [6.07, 6.45) is 3.83. The molecule has 4 rings (SSSR count). The normalized spacial score (nSPS) is 17.2. The summed E-state index contributed by atoms with van der Waals surface area (Å²) in [7, 11) is 0. The Labute approximate surface area is 179 Å². The van der Waals surface area contributed by atoms with E-state index in [9.17, 15) is 4.79 Å². The third-order valence-corrected chi connectivity index (χ3v) is 6.20. The number of benzene rings is 2. The van der Waals surface area contributed by atoms with Gasteiger partial charge in [0.25, 0.3) is 5.91 Å². The van der Waals surface area contributed by atoms with Gasteiger partial charge in [0.05, 0.1) is 11.1 Å². The lowest BCUT2D eigenvalue weighted by atomic mass is 9.98. The second-order valence-corrected chi connectivity index (χ2v) is 8.52. The van der Waals surface area contributed by atoms with Gasteiger partial charge in [-0.2, -0.15) is 0 Å². The molecule has 0 spiro atoms. The molecule has 0 radical (unpaired) electrons. The Kier molecular flexibility index (Phi) is 6.14. The third kappa shape index (κ3) is 4.39. The molecule has 3 aromatic rings. The fourth-order valence-electron chi connectivity index (χ4n) is 4.43. The lowest BCUT2D eigenvalue weighted by molar-refractivity contribution is 0.0940. The molecule has 1 aliphatic heterocycles. The molecule has 0 bridgehead atoms. The van der Waals surface area contributed by atoms with Gasteiger partial charge >= 0.3 is 0 Å². The number of hydrogen-bond acceptors (Lipinski definition) is 3. The van der Waals surface area contributed by atoms with E-state index in [1.165, 1.54) is 24.8 Å². The second kappa shape index (κ2) is 8.97. The minimum Gasteiger partial charge on any atom is -0.351 e. The van der Waals surface area contributed by atoms with E-state index in [0.717, 1.165) is 40.8 Å². The Morgan fingerprint density at radius 1 is 1.13 bits per heavy atom. The lowest BCUT2D eigenvalue weighted by Crippen LogP contribution is -2.42. The maximum absolute atomic E-state index is 13.1. The molecule has 1 aromatic heterocycles. The van der Waals surface area contributed by atoms with Gasteiger partial charge < -0.3 is 5.32 Å². The van der Waals surface area contributed by atoms with E-state index in [2.05, 4.69) is 54.4 Å². The molecule has 4 nitrogen and oxygen atoms in total. The van der Waals surface area contributed by atoms with Gasteiger partial charge in [0.2, 0.25) is 0 Å². The van der Waals surface area contributed by atoms with Crippen LogP contribution in [0.5, 0.6) is 0 Å². The molecule has 1 amide bonds. The van der Waals surface area contributed by atoms with Crippen LogP contribution in [0.1, 0.15) is 47.8 Å². The van der Waals surface area contributed by atoms with Crippen molar-refractivity contribution in [3.8, 4) is 11.1 Å². The number of nitrogens with one attached hydrogen (secondary N) is 1. The molecule has 1 saturated heterocycles. The summed E-state index contributed by atoms with van der Waals surface area (Å²) in [5, 5.41) is 4.05. The molecule has 1 N–H and O–H groups in total. The Morgan fingerprint density at radius 2 is 1.93 bits per heavy atom. The summed E-state index contributed by atoms with van der Waals surface area (Å²) in [5.41, 5.74) is 5.86. The Bertz CT molecular complexity index is 1040. The maximum atomic E-state index is 13.1. The lowest BCUT2D eigenvalue weighted by Gasteiger charge is -2.33. The van der Waals surface area contributed by atoms with E-state index in [0.29, 0.717) is 18.2 Å². The van der Waals surface area contributed by atoms with Crippen molar-refractivity contribution in [2.24, 2.45) is 0 Å². The summed E-state index contributed by atoms with van der Waals surface area (Å²) in [6, 6.07) is 17.1. The number of fused-ring (bicyclic) bond motifs is 1. The van der Waals surface area contributed by atoms with Crippen LogP contribution in [0.15, 0.2) is 48.5 Å². The molecule has 2 heterocycles. The largest absolute Gasteiger partial charge is 0.351 e. The Balaban J connectivity index is 1.58. The predicted molar refractivity (Wildman–Crippen MR) is 124 cm³/mol. The van der Waals surface area contributed by atoms with Crippen molar-refractivity contribution < 1.29 is 4.79 Å². The smallest absolute Gasteiger partial charge is 0.252 e. The number of piperidine rings is 1. The molecule has 1 unspecified atom stereocenters. The first-order valence-corrected chi connectivity index (χ1v) is 11.0. The average Bonchev–Trinajstić information content (AvgIpc) is 2.74. The number of aryl methyl sites for hydroxylation is 2. The summed E-state index contributed by atoms with van der Waals surface area (Å²) >= 11 is 0. The van der Waals surface area contributed by atoms with Crippen LogP contribution in [0, 0.1) is 13.8 Å². The van der Waals surface area contributed by atoms with Crippen molar-refractivity contribution >= 4 is 16.8 Å². The van der Waals surface area contributed by atoms with Crippen molar-refractivity contribution in [1.29, 1.82) is 0 Å². The summed E-state index contributed by atoms with van der Waals surface area (Å²) in [4.78, 5) is 20.3. The van der Waals surface area contributed by atoms with Crippen LogP contribution in [0.25, 0.3) is 22.0 Å². The predicted octanol–water partition coefficient (Wildman–Crippen LogP) is 5.12. The van der Waals surface area contributed by atoms with Crippen molar-refractivity contribution in [3.05, 3.63) is 65.4 Å². The molecule has 1 aliphatic rings. The number of pyridine rings is 1. The monoisotopic (exact) mass is 401 g/mol. The molecule has 156 valence electrons. The van der Waals surface area contributed by atoms with E-state index in [1.54, 1.807) is 0 Å². The molecule has 1 fully saturated rings. The van der Waals surface area contributed by atoms with Crippen LogP contribution >= 0.6 is 0 Å². The first kappa shape index (κ1) is 20.5. The summed E-state index contributed by atoms with van der Waals surface area (Å²) in [5.74, 6) is -0.0174. The average molecular weight is 402 g/mol. The highest BCUT2D eigenvalue weighted by atomic mass is 16.1. The van der Waals surface area contributed by atoms with Crippen LogP contribution in [0.4, 0.5) is 0 Å². The zero-order valence-electron chi connectivity index (χ0n) is 18.2. The maximum Gasteiger partial charge on any atom is 0.252 e. The fraction of sp³-hybridized carbons (Fsp3) is 0.385. The first-order valence-electron chi connectivity index (χ1n) is 11.0. The van der Waals surface area contributed by atoms with E-state index in [-0.39, 0.29) is 5.91 Å². The topological polar surface area (TPSA) is 45.2 Å². The number of amides is 1. The quantitative estimate of drug-likeness (QED) is 0.645. The van der Waals surface area contributed by atoms with E-state index in [1.807, 2.05) is 25.1 Å². The Hall–Kier alpha value is -2.72. The van der Waals surface area contributed by atoms with Crippen molar-refractivity contribution in [3.63, 3.8) is 0 Å². The van der Waals surface area contributed by atoms with Crippen LogP contribution in [-0.4, -0.2) is 41.5 Å². The van der Waals surface area contributed by atoms with Crippen molar-refractivity contribution in [2.75, 3.05) is 19.6 Å². The summed E-state index contributed by atoms with van der Waals surface area (Å²) in [6.45, 7) is 9.04. The minimum atomic E-state index is -0.0174. The molecule has 2 aromatic carbocycles. The molecule has 4 heteroatoms. The van der Waals surface area contributed by atoms with Gasteiger partial charge in [-0.25, -0.2) is 0 Å². The number of hydrogen-bond donors (Lipinski definition) is 1. The number of nitrogens with zero attached hydrogens (tertiary/aromatic N) is 2. The minimum absolute atomic E-state index is 0.0174. The molecular weight excluding hydrogens is 370 g/mol. The molecule has 0 saturated carbocycles. The van der Waals surface area contributed by atoms with Gasteiger partial charge in [-0.15, -0.1) is 0 Å². The van der Waals surface area contributed by atoms with Crippen LogP contribution in [-0.2, 0) is 0 Å². The van der Waals surface area contributed by atoms with Gasteiger partial charge in [-0.1, -0.05) is 54.4 Å². The molecule has 1 atom stereocenters. The second-order valence-electron chi connectivity index (χ2n) is 8.52. The number of aromatic nitrogens is 1. The van der Waals surface area contributed by atoms with Gasteiger partial charge in [-0.05, 0) is 51.8 Å². The standard InChI is InChI=1S/C26H31N3O/c1-18-10-12-21(13-11-18)22-8-6-9-23-24(17-19(2)28-25(22)23)26(30)27-14-16-29-15-5-4-7-20(29)3/h6,8-13,17,20H,4-5,7,14-16H2,1-3H3,(H,27,30). The van der Waals surface area contributed by atoms with Gasteiger partial charge in [-0.3, -0.25) is 14.7 Å². The number of rotatable bonds is 5. The van der Waals surface area contributed by atoms with E-state index in [4.69, 9.17) is 4.98 Å². The zero-order valence-corrected chi connectivity index (χ0v) is 18.2. The van der Waals surface area contributed by atoms with E-state index < -0.39 is 0 Å². The number of para-hydroxylation sites is 1. The van der Waals surface area contributed by atoms with Gasteiger partial charge in [0.1, 0.15) is 0 Å². The highest BCUT2D eigenvalue weighted by Crippen LogP contribution is 2.30. The summed E-state index contributed by atoms with van der Waals surface area (Å²) < 4.78 is 0. The van der Waals surface area contributed by atoms with Crippen LogP contribution < -0.4 is 5.32 Å². The van der Waals surface area contributed by atoms with Gasteiger partial charge in [0.15, 0.2) is 0 Å². The SMILES string of the molecule is Cc1ccc(-c2cccc3c(C(=O)NCCN4CCCCC4C)cc(C)nc23)cc1. The highest BCUT2D eigenvalue weighted by Gasteiger charge is 2.19. The number of likely N-dealkylation sites (tertiary alicyclic amines) is 1. The molecule has 30 heavy (non-hydrogen) atoms. The third-order valence-electron chi connectivity index (χ3n) is 6.20. The number of carbonyl (C=O) groups is 1. The highest BCUT2D eigenvalue weighted by molar-refractivity contribution is 6.09. The van der Waals surface area contributed by atoms with Crippen molar-refractivity contribution in [1.82, 2.24) is 15.2 Å². The molecular formula is C26H31N3O. The van der Waals surface area contributed by atoms with Crippen LogP contribution in [0.2, 0.25) is 0 Å². The number of carbonyl (C=O) groups excluding carboxylic acids is 1.